The molecular formula is C13H13BrN2O2. The second-order valence-electron chi connectivity index (χ2n) is 4.78. The molecule has 0 aliphatic heterocycles. The van der Waals surface area contributed by atoms with E-state index in [0.29, 0.717) is 6.04 Å². The van der Waals surface area contributed by atoms with Crippen molar-refractivity contribution in [2.75, 3.05) is 0 Å². The minimum Gasteiger partial charge on any atom is -0.343 e. The van der Waals surface area contributed by atoms with Crippen molar-refractivity contribution in [3.05, 3.63) is 39.0 Å². The third kappa shape index (κ3) is 1.82. The van der Waals surface area contributed by atoms with Crippen molar-refractivity contribution in [3.63, 3.8) is 0 Å². The number of non-ortho nitro benzene ring substituents is 1. The molecular weight excluding hydrogens is 296 g/mol. The van der Waals surface area contributed by atoms with Gasteiger partial charge in [0, 0.05) is 39.7 Å². The monoisotopic (exact) mass is 308 g/mol. The molecule has 94 valence electrons. The van der Waals surface area contributed by atoms with Gasteiger partial charge in [-0.05, 0) is 34.8 Å². The van der Waals surface area contributed by atoms with Gasteiger partial charge < -0.3 is 4.57 Å². The molecule has 0 unspecified atom stereocenters. The summed E-state index contributed by atoms with van der Waals surface area (Å²) in [7, 11) is 0. The van der Waals surface area contributed by atoms with Crippen LogP contribution in [0.25, 0.3) is 10.9 Å². The number of hydrogen-bond acceptors (Lipinski definition) is 2. The molecule has 0 amide bonds. The van der Waals surface area contributed by atoms with E-state index in [9.17, 15) is 10.1 Å². The molecule has 1 saturated carbocycles. The molecule has 0 spiro atoms. The van der Waals surface area contributed by atoms with Crippen molar-refractivity contribution in [2.24, 2.45) is 0 Å². The lowest BCUT2D eigenvalue weighted by Gasteiger charge is -2.12. The highest BCUT2D eigenvalue weighted by molar-refractivity contribution is 9.10. The number of hydrogen-bond donors (Lipinski definition) is 0. The number of nitro groups is 1. The smallest absolute Gasteiger partial charge is 0.270 e. The van der Waals surface area contributed by atoms with Crippen LogP contribution in [0.4, 0.5) is 5.69 Å². The topological polar surface area (TPSA) is 48.1 Å². The van der Waals surface area contributed by atoms with Crippen LogP contribution < -0.4 is 0 Å². The van der Waals surface area contributed by atoms with E-state index in [-0.39, 0.29) is 10.6 Å². The standard InChI is InChI=1S/C13H13BrN2O2/c14-12-8-15(9-3-1-2-4-9)13-6-5-10(16(17)18)7-11(12)13/h5-9H,1-4H2. The summed E-state index contributed by atoms with van der Waals surface area (Å²) in [6, 6.07) is 5.63. The van der Waals surface area contributed by atoms with Crippen LogP contribution in [0.3, 0.4) is 0 Å². The first kappa shape index (κ1) is 11.7. The van der Waals surface area contributed by atoms with Crippen molar-refractivity contribution in [1.29, 1.82) is 0 Å². The maximum Gasteiger partial charge on any atom is 0.270 e. The summed E-state index contributed by atoms with van der Waals surface area (Å²) < 4.78 is 3.20. The highest BCUT2D eigenvalue weighted by Crippen LogP contribution is 2.37. The molecule has 1 aliphatic rings. The average Bonchev–Trinajstić information content (AvgIpc) is 2.97. The molecule has 0 bridgehead atoms. The van der Waals surface area contributed by atoms with E-state index < -0.39 is 0 Å². The number of nitro benzene ring substituents is 1. The first-order valence-electron chi connectivity index (χ1n) is 6.11. The minimum absolute atomic E-state index is 0.146. The Hall–Kier alpha value is -1.36. The Kier molecular flexibility index (Phi) is 2.86. The van der Waals surface area contributed by atoms with Gasteiger partial charge in [-0.1, -0.05) is 12.8 Å². The fraction of sp³-hybridized carbons (Fsp3) is 0.385. The number of nitrogens with zero attached hydrogens (tertiary/aromatic N) is 2. The largest absolute Gasteiger partial charge is 0.343 e. The number of rotatable bonds is 2. The molecule has 0 N–H and O–H groups in total. The lowest BCUT2D eigenvalue weighted by Crippen LogP contribution is -2.02. The summed E-state index contributed by atoms with van der Waals surface area (Å²) in [6.45, 7) is 0. The molecule has 0 radical (unpaired) electrons. The van der Waals surface area contributed by atoms with Crippen molar-refractivity contribution in [3.8, 4) is 0 Å². The maximum absolute atomic E-state index is 10.8. The molecule has 0 saturated heterocycles. The van der Waals surface area contributed by atoms with Crippen LogP contribution in [-0.4, -0.2) is 9.49 Å². The Morgan fingerprint density at radius 3 is 2.72 bits per heavy atom. The Balaban J connectivity index is 2.14. The van der Waals surface area contributed by atoms with Crippen molar-refractivity contribution in [1.82, 2.24) is 4.57 Å². The van der Waals surface area contributed by atoms with Gasteiger partial charge in [0.15, 0.2) is 0 Å². The van der Waals surface area contributed by atoms with Crippen LogP contribution in [0.2, 0.25) is 0 Å². The SMILES string of the molecule is O=[N+]([O-])c1ccc2c(c1)c(Br)cn2C1CCCC1. The van der Waals surface area contributed by atoms with E-state index in [0.717, 1.165) is 15.4 Å². The number of aromatic nitrogens is 1. The molecule has 1 aliphatic carbocycles. The van der Waals surface area contributed by atoms with Crippen molar-refractivity contribution >= 4 is 32.5 Å². The van der Waals surface area contributed by atoms with E-state index in [1.54, 1.807) is 12.1 Å². The van der Waals surface area contributed by atoms with Gasteiger partial charge in [-0.3, -0.25) is 10.1 Å². The third-order valence-electron chi connectivity index (χ3n) is 3.70. The van der Waals surface area contributed by atoms with Crippen LogP contribution >= 0.6 is 15.9 Å². The van der Waals surface area contributed by atoms with E-state index in [4.69, 9.17) is 0 Å². The van der Waals surface area contributed by atoms with E-state index in [2.05, 4.69) is 26.7 Å². The molecule has 18 heavy (non-hydrogen) atoms. The number of halogens is 1. The Morgan fingerprint density at radius 1 is 1.33 bits per heavy atom. The molecule has 0 atom stereocenters. The summed E-state index contributed by atoms with van der Waals surface area (Å²) in [6.07, 6.45) is 7.01. The molecule has 1 aromatic carbocycles. The third-order valence-corrected chi connectivity index (χ3v) is 4.33. The second-order valence-corrected chi connectivity index (χ2v) is 5.64. The fourth-order valence-corrected chi connectivity index (χ4v) is 3.34. The zero-order valence-corrected chi connectivity index (χ0v) is 11.4. The van der Waals surface area contributed by atoms with Gasteiger partial charge in [0.2, 0.25) is 0 Å². The van der Waals surface area contributed by atoms with E-state index in [1.807, 2.05) is 6.07 Å². The van der Waals surface area contributed by atoms with Crippen molar-refractivity contribution in [2.45, 2.75) is 31.7 Å². The normalized spacial score (nSPS) is 16.5. The first-order chi connectivity index (χ1) is 8.66. The zero-order chi connectivity index (χ0) is 12.7. The van der Waals surface area contributed by atoms with E-state index in [1.165, 1.54) is 25.7 Å². The van der Waals surface area contributed by atoms with Crippen LogP contribution in [0.5, 0.6) is 0 Å². The first-order valence-corrected chi connectivity index (χ1v) is 6.90. The lowest BCUT2D eigenvalue weighted by molar-refractivity contribution is -0.384. The number of benzene rings is 1. The molecule has 3 rings (SSSR count). The van der Waals surface area contributed by atoms with Gasteiger partial charge >= 0.3 is 0 Å². The summed E-state index contributed by atoms with van der Waals surface area (Å²) in [4.78, 5) is 10.5. The summed E-state index contributed by atoms with van der Waals surface area (Å²) in [5.41, 5.74) is 1.23. The maximum atomic E-state index is 10.8. The van der Waals surface area contributed by atoms with Gasteiger partial charge in [0.25, 0.3) is 5.69 Å². The molecule has 1 aromatic heterocycles. The van der Waals surface area contributed by atoms with Crippen LogP contribution in [-0.2, 0) is 0 Å². The highest BCUT2D eigenvalue weighted by Gasteiger charge is 2.20. The fourth-order valence-electron chi connectivity index (χ4n) is 2.80. The summed E-state index contributed by atoms with van der Waals surface area (Å²) in [5.74, 6) is 0. The molecule has 1 heterocycles. The Morgan fingerprint density at radius 2 is 2.06 bits per heavy atom. The van der Waals surface area contributed by atoms with Gasteiger partial charge in [-0.25, -0.2) is 0 Å². The predicted molar refractivity (Wildman–Crippen MR) is 73.8 cm³/mol. The zero-order valence-electron chi connectivity index (χ0n) is 9.80. The molecule has 2 aromatic rings. The Labute approximate surface area is 113 Å². The quantitative estimate of drug-likeness (QED) is 0.608. The highest BCUT2D eigenvalue weighted by atomic mass is 79.9. The summed E-state index contributed by atoms with van der Waals surface area (Å²) >= 11 is 3.50. The van der Waals surface area contributed by atoms with Gasteiger partial charge in [-0.2, -0.15) is 0 Å². The average molecular weight is 309 g/mol. The van der Waals surface area contributed by atoms with Crippen LogP contribution in [0, 0.1) is 10.1 Å². The van der Waals surface area contributed by atoms with Gasteiger partial charge in [0.1, 0.15) is 0 Å². The van der Waals surface area contributed by atoms with Crippen LogP contribution in [0.15, 0.2) is 28.9 Å². The molecule has 1 fully saturated rings. The summed E-state index contributed by atoms with van der Waals surface area (Å²) in [5, 5.41) is 11.7. The van der Waals surface area contributed by atoms with Crippen molar-refractivity contribution < 1.29 is 4.92 Å². The number of fused-ring (bicyclic) bond motifs is 1. The molecule has 4 nitrogen and oxygen atoms in total. The van der Waals surface area contributed by atoms with Gasteiger partial charge in [0.05, 0.1) is 4.92 Å². The van der Waals surface area contributed by atoms with Crippen LogP contribution in [0.1, 0.15) is 31.7 Å². The molecule has 5 heteroatoms. The minimum atomic E-state index is -0.348. The Bertz CT molecular complexity index is 615. The van der Waals surface area contributed by atoms with Gasteiger partial charge in [-0.15, -0.1) is 0 Å². The lowest BCUT2D eigenvalue weighted by atomic mass is 10.2. The van der Waals surface area contributed by atoms with E-state index >= 15 is 0 Å². The predicted octanol–water partition coefficient (Wildman–Crippen LogP) is 4.43. The second kappa shape index (κ2) is 4.39.